The second-order valence-electron chi connectivity index (χ2n) is 3.64. The average Bonchev–Trinajstić information content (AvgIpc) is 2.38. The van der Waals surface area contributed by atoms with Gasteiger partial charge in [-0.25, -0.2) is 0 Å². The van der Waals surface area contributed by atoms with Gasteiger partial charge in [0.1, 0.15) is 0 Å². The molecule has 17 heavy (non-hydrogen) atoms. The number of rotatable bonds is 12. The van der Waals surface area contributed by atoms with Gasteiger partial charge in [-0.3, -0.25) is 0 Å². The Hall–Kier alpha value is -0.243. The molecule has 0 aliphatic rings. The van der Waals surface area contributed by atoms with Crippen LogP contribution < -0.4 is 10.6 Å². The maximum atomic E-state index is 5.34. The van der Waals surface area contributed by atoms with Crippen molar-refractivity contribution in [2.24, 2.45) is 0 Å². The average molecular weight is 262 g/mol. The Balaban J connectivity index is 3.46. The van der Waals surface area contributed by atoms with Crippen LogP contribution in [0.4, 0.5) is 0 Å². The van der Waals surface area contributed by atoms with Crippen molar-refractivity contribution in [3.63, 3.8) is 0 Å². The van der Waals surface area contributed by atoms with Crippen LogP contribution in [0.3, 0.4) is 0 Å². The van der Waals surface area contributed by atoms with Gasteiger partial charge in [0.05, 0.1) is 0 Å². The van der Waals surface area contributed by atoms with E-state index in [4.69, 9.17) is 13.3 Å². The second-order valence-corrected chi connectivity index (χ2v) is 6.73. The lowest BCUT2D eigenvalue weighted by Crippen LogP contribution is -2.43. The molecule has 0 aliphatic heterocycles. The van der Waals surface area contributed by atoms with Gasteiger partial charge in [-0.2, -0.15) is 0 Å². The molecule has 0 aromatic carbocycles. The zero-order chi connectivity index (χ0) is 13.0. The SMILES string of the molecule is C=CCNCCNCCC[Si](OC)(OC)OC. The number of hydrogen-bond acceptors (Lipinski definition) is 5. The molecule has 0 saturated carbocycles. The van der Waals surface area contributed by atoms with Crippen LogP contribution in [0, 0.1) is 0 Å². The molecule has 0 amide bonds. The van der Waals surface area contributed by atoms with Crippen LogP contribution in [0.15, 0.2) is 12.7 Å². The Morgan fingerprint density at radius 2 is 1.59 bits per heavy atom. The van der Waals surface area contributed by atoms with Crippen molar-refractivity contribution in [1.29, 1.82) is 0 Å². The Kier molecular flexibility index (Phi) is 10.7. The molecule has 0 saturated heterocycles. The third-order valence-corrected chi connectivity index (χ3v) is 5.37. The van der Waals surface area contributed by atoms with Gasteiger partial charge in [-0.1, -0.05) is 6.08 Å². The first-order chi connectivity index (χ1) is 8.24. The van der Waals surface area contributed by atoms with Crippen LogP contribution in [0.1, 0.15) is 6.42 Å². The molecule has 0 aliphatic carbocycles. The summed E-state index contributed by atoms with van der Waals surface area (Å²) in [5, 5.41) is 6.58. The lowest BCUT2D eigenvalue weighted by atomic mass is 10.4. The van der Waals surface area contributed by atoms with E-state index in [1.165, 1.54) is 0 Å². The minimum atomic E-state index is -2.37. The van der Waals surface area contributed by atoms with Crippen molar-refractivity contribution in [2.45, 2.75) is 12.5 Å². The van der Waals surface area contributed by atoms with E-state index >= 15 is 0 Å². The monoisotopic (exact) mass is 262 g/mol. The molecule has 5 nitrogen and oxygen atoms in total. The molecule has 0 rings (SSSR count). The third-order valence-electron chi connectivity index (χ3n) is 2.54. The highest BCUT2D eigenvalue weighted by molar-refractivity contribution is 6.60. The highest BCUT2D eigenvalue weighted by Gasteiger charge is 2.36. The first kappa shape index (κ1) is 16.8. The van der Waals surface area contributed by atoms with E-state index in [1.54, 1.807) is 21.3 Å². The number of nitrogens with one attached hydrogen (secondary N) is 2. The van der Waals surface area contributed by atoms with Gasteiger partial charge in [0.2, 0.25) is 0 Å². The van der Waals surface area contributed by atoms with Gasteiger partial charge < -0.3 is 23.9 Å². The van der Waals surface area contributed by atoms with Gasteiger partial charge in [-0.05, 0) is 13.0 Å². The minimum absolute atomic E-state index is 0.837. The van der Waals surface area contributed by atoms with Crippen molar-refractivity contribution in [2.75, 3.05) is 47.5 Å². The summed E-state index contributed by atoms with van der Waals surface area (Å²) >= 11 is 0. The Labute approximate surface area is 106 Å². The summed E-state index contributed by atoms with van der Waals surface area (Å²) in [6.07, 6.45) is 2.85. The normalized spacial score (nSPS) is 11.7. The standard InChI is InChI=1S/C11H26N2O3Si/c1-5-7-12-9-10-13-8-6-11-17(14-2,15-3)16-4/h5,12-13H,1,6-11H2,2-4H3. The van der Waals surface area contributed by atoms with Crippen LogP contribution in [0.2, 0.25) is 6.04 Å². The smallest absolute Gasteiger partial charge is 0.377 e. The fraction of sp³-hybridized carbons (Fsp3) is 0.818. The fourth-order valence-electron chi connectivity index (χ4n) is 1.49. The van der Waals surface area contributed by atoms with Gasteiger partial charge in [0.15, 0.2) is 0 Å². The molecule has 0 atom stereocenters. The van der Waals surface area contributed by atoms with Crippen molar-refractivity contribution >= 4 is 8.80 Å². The van der Waals surface area contributed by atoms with Crippen LogP contribution in [0.25, 0.3) is 0 Å². The van der Waals surface area contributed by atoms with Crippen molar-refractivity contribution < 1.29 is 13.3 Å². The predicted molar refractivity (Wildman–Crippen MR) is 72.1 cm³/mol. The van der Waals surface area contributed by atoms with E-state index in [0.29, 0.717) is 0 Å². The van der Waals surface area contributed by atoms with Crippen LogP contribution in [-0.4, -0.2) is 56.3 Å². The Bertz CT molecular complexity index is 181. The highest BCUT2D eigenvalue weighted by Crippen LogP contribution is 2.14. The molecule has 0 spiro atoms. The quantitative estimate of drug-likeness (QED) is 0.307. The molecule has 6 heteroatoms. The third kappa shape index (κ3) is 7.64. The molecule has 2 N–H and O–H groups in total. The maximum absolute atomic E-state index is 5.34. The second kappa shape index (κ2) is 10.9. The Morgan fingerprint density at radius 1 is 1.00 bits per heavy atom. The van der Waals surface area contributed by atoms with E-state index in [1.807, 2.05) is 6.08 Å². The summed E-state index contributed by atoms with van der Waals surface area (Å²) in [4.78, 5) is 0. The molecule has 0 unspecified atom stereocenters. The number of hydrogen-bond donors (Lipinski definition) is 2. The first-order valence-electron chi connectivity index (χ1n) is 5.92. The van der Waals surface area contributed by atoms with Crippen LogP contribution in [0.5, 0.6) is 0 Å². The summed E-state index contributed by atoms with van der Waals surface area (Å²) in [6.45, 7) is 7.35. The molecule has 0 fully saturated rings. The minimum Gasteiger partial charge on any atom is -0.377 e. The van der Waals surface area contributed by atoms with E-state index < -0.39 is 8.80 Å². The van der Waals surface area contributed by atoms with Crippen LogP contribution >= 0.6 is 0 Å². The first-order valence-corrected chi connectivity index (χ1v) is 7.85. The molecular formula is C11H26N2O3Si. The maximum Gasteiger partial charge on any atom is 0.500 e. The van der Waals surface area contributed by atoms with Gasteiger partial charge in [0.25, 0.3) is 0 Å². The summed E-state index contributed by atoms with van der Waals surface area (Å²) in [6, 6.07) is 0.837. The molecule has 0 aromatic heterocycles. The van der Waals surface area contributed by atoms with E-state index in [-0.39, 0.29) is 0 Å². The summed E-state index contributed by atoms with van der Waals surface area (Å²) in [5.74, 6) is 0. The van der Waals surface area contributed by atoms with Crippen molar-refractivity contribution in [3.05, 3.63) is 12.7 Å². The molecule has 0 radical (unpaired) electrons. The summed E-state index contributed by atoms with van der Waals surface area (Å²) in [7, 11) is 2.57. The lowest BCUT2D eigenvalue weighted by molar-refractivity contribution is 0.123. The largest absolute Gasteiger partial charge is 0.500 e. The van der Waals surface area contributed by atoms with Crippen molar-refractivity contribution in [3.8, 4) is 0 Å². The molecule has 0 bridgehead atoms. The summed E-state index contributed by atoms with van der Waals surface area (Å²) < 4.78 is 16.0. The van der Waals surface area contributed by atoms with E-state index in [2.05, 4.69) is 17.2 Å². The zero-order valence-corrected chi connectivity index (χ0v) is 12.3. The summed E-state index contributed by atoms with van der Waals surface area (Å²) in [5.41, 5.74) is 0. The van der Waals surface area contributed by atoms with E-state index in [9.17, 15) is 0 Å². The van der Waals surface area contributed by atoms with E-state index in [0.717, 1.165) is 38.6 Å². The lowest BCUT2D eigenvalue weighted by Gasteiger charge is -2.24. The van der Waals surface area contributed by atoms with Gasteiger partial charge in [-0.15, -0.1) is 6.58 Å². The van der Waals surface area contributed by atoms with Crippen molar-refractivity contribution in [1.82, 2.24) is 10.6 Å². The molecule has 0 aromatic rings. The Morgan fingerprint density at radius 3 is 2.12 bits per heavy atom. The topological polar surface area (TPSA) is 51.8 Å². The van der Waals surface area contributed by atoms with Gasteiger partial charge >= 0.3 is 8.80 Å². The highest BCUT2D eigenvalue weighted by atomic mass is 28.4. The van der Waals surface area contributed by atoms with Gasteiger partial charge in [0, 0.05) is 47.0 Å². The molecule has 0 heterocycles. The van der Waals surface area contributed by atoms with Crippen LogP contribution in [-0.2, 0) is 13.3 Å². The molecular weight excluding hydrogens is 236 g/mol. The fourth-order valence-corrected chi connectivity index (χ4v) is 3.21. The molecule has 102 valence electrons. The zero-order valence-electron chi connectivity index (χ0n) is 11.3. The predicted octanol–water partition coefficient (Wildman–Crippen LogP) is 0.620.